The molecule has 0 bridgehead atoms. The molecule has 0 saturated heterocycles. The molecule has 0 atom stereocenters. The summed E-state index contributed by atoms with van der Waals surface area (Å²) in [6.45, 7) is 0. The summed E-state index contributed by atoms with van der Waals surface area (Å²) < 4.78 is 18.6. The number of hydrogen-bond acceptors (Lipinski definition) is 12. The first-order valence-electron chi connectivity index (χ1n) is 11.8. The van der Waals surface area contributed by atoms with Gasteiger partial charge in [0.05, 0.1) is 73.5 Å². The molecule has 15 heteroatoms. The standard InChI is InChI=1S/2C14H12N2O4.2ClH.Ru/c2*1-19-13(17)9-3-5-15-11(7-9)12-8-10(4-6-16-12)14(18)20-2;;;/h2*3-8H,1-2H3;2*1H;/q;;;;+2/p-2. The fourth-order valence-corrected chi connectivity index (χ4v) is 3.26. The molecule has 4 rings (SSSR count). The van der Waals surface area contributed by atoms with Gasteiger partial charge in [0, 0.05) is 24.8 Å². The molecule has 12 nitrogen and oxygen atoms in total. The van der Waals surface area contributed by atoms with Crippen molar-refractivity contribution in [2.75, 3.05) is 28.4 Å². The summed E-state index contributed by atoms with van der Waals surface area (Å²) >= 11 is -0.346. The molecule has 0 unspecified atom stereocenters. The molecule has 0 aliphatic carbocycles. The average Bonchev–Trinajstić information content (AvgIpc) is 3.07. The van der Waals surface area contributed by atoms with Gasteiger partial charge in [-0.15, -0.1) is 0 Å². The topological polar surface area (TPSA) is 157 Å². The van der Waals surface area contributed by atoms with E-state index in [9.17, 15) is 19.2 Å². The Morgan fingerprint density at radius 1 is 0.488 bits per heavy atom. The first kappa shape index (κ1) is 34.9. The Bertz CT molecular complexity index is 1350. The van der Waals surface area contributed by atoms with E-state index in [0.29, 0.717) is 45.0 Å². The molecule has 0 aliphatic rings. The van der Waals surface area contributed by atoms with Gasteiger partial charge in [0.2, 0.25) is 0 Å². The van der Waals surface area contributed by atoms with Crippen molar-refractivity contribution in [2.45, 2.75) is 0 Å². The molecule has 0 N–H and O–H groups in total. The number of aromatic nitrogens is 4. The molecule has 0 spiro atoms. The summed E-state index contributed by atoms with van der Waals surface area (Å²) in [7, 11) is 14.9. The second-order valence-electron chi connectivity index (χ2n) is 7.74. The van der Waals surface area contributed by atoms with Gasteiger partial charge in [-0.05, 0) is 48.5 Å². The molecular formula is C28H24Cl2N4O8Ru. The number of esters is 4. The van der Waals surface area contributed by atoms with E-state index in [0.717, 1.165) is 0 Å². The number of carbonyl (C=O) groups excluding carboxylic acids is 4. The van der Waals surface area contributed by atoms with Crippen LogP contribution in [0.1, 0.15) is 41.4 Å². The van der Waals surface area contributed by atoms with Gasteiger partial charge in [0.15, 0.2) is 0 Å². The van der Waals surface area contributed by atoms with Gasteiger partial charge in [0.25, 0.3) is 0 Å². The number of pyridine rings is 4. The van der Waals surface area contributed by atoms with Crippen molar-refractivity contribution in [3.8, 4) is 22.8 Å². The Hall–Kier alpha value is -4.32. The predicted molar refractivity (Wildman–Crippen MR) is 152 cm³/mol. The number of rotatable bonds is 6. The second-order valence-corrected chi connectivity index (χ2v) is 10.4. The Morgan fingerprint density at radius 3 is 0.837 bits per heavy atom. The SMILES string of the molecule is COC(=O)c1ccnc(-c2cc(C(=O)OC)ccn2)c1.COC(=O)c1ccnc(-c2cc(C(=O)OC)ccn2)c1.[Cl][Ru][Cl]. The number of nitrogens with zero attached hydrogens (tertiary/aromatic N) is 4. The van der Waals surface area contributed by atoms with Crippen LogP contribution in [0.5, 0.6) is 0 Å². The molecule has 43 heavy (non-hydrogen) atoms. The van der Waals surface area contributed by atoms with Gasteiger partial charge in [-0.2, -0.15) is 0 Å². The van der Waals surface area contributed by atoms with Gasteiger partial charge in [-0.25, -0.2) is 19.2 Å². The number of carbonyl (C=O) groups is 4. The number of halogens is 2. The van der Waals surface area contributed by atoms with Gasteiger partial charge in [-0.1, -0.05) is 0 Å². The van der Waals surface area contributed by atoms with Crippen LogP contribution in [0.3, 0.4) is 0 Å². The van der Waals surface area contributed by atoms with Gasteiger partial charge >= 0.3 is 58.4 Å². The summed E-state index contributed by atoms with van der Waals surface area (Å²) in [5.41, 5.74) is 3.34. The van der Waals surface area contributed by atoms with Crippen LogP contribution >= 0.6 is 19.4 Å². The first-order valence-corrected chi connectivity index (χ1v) is 16.2. The third-order valence-electron chi connectivity index (χ3n) is 5.25. The van der Waals surface area contributed by atoms with Crippen molar-refractivity contribution in [1.82, 2.24) is 19.9 Å². The molecule has 0 aliphatic heterocycles. The molecule has 4 aromatic rings. The van der Waals surface area contributed by atoms with Crippen molar-refractivity contribution < 1.29 is 53.3 Å². The van der Waals surface area contributed by atoms with Gasteiger partial charge < -0.3 is 18.9 Å². The van der Waals surface area contributed by atoms with Crippen LogP contribution in [-0.4, -0.2) is 72.3 Å². The Morgan fingerprint density at radius 2 is 0.674 bits per heavy atom. The Labute approximate surface area is 262 Å². The molecule has 0 fully saturated rings. The molecule has 4 heterocycles. The van der Waals surface area contributed by atoms with Gasteiger partial charge in [0.1, 0.15) is 0 Å². The minimum atomic E-state index is -0.460. The monoisotopic (exact) mass is 716 g/mol. The third kappa shape index (κ3) is 10.5. The van der Waals surface area contributed by atoms with Crippen molar-refractivity contribution in [3.05, 3.63) is 95.6 Å². The molecular weight excluding hydrogens is 692 g/mol. The fraction of sp³-hybridized carbons (Fsp3) is 0.143. The van der Waals surface area contributed by atoms with Crippen LogP contribution in [0, 0.1) is 0 Å². The van der Waals surface area contributed by atoms with E-state index in [1.165, 1.54) is 53.2 Å². The minimum absolute atomic E-state index is 0.346. The fourth-order valence-electron chi connectivity index (χ4n) is 3.26. The normalized spacial score (nSPS) is 9.72. The van der Waals surface area contributed by atoms with Crippen LogP contribution in [0.4, 0.5) is 0 Å². The maximum absolute atomic E-state index is 11.5. The van der Waals surface area contributed by atoms with Crippen molar-refractivity contribution >= 4 is 43.3 Å². The van der Waals surface area contributed by atoms with Gasteiger partial charge in [-0.3, -0.25) is 19.9 Å². The van der Waals surface area contributed by atoms with E-state index in [1.54, 1.807) is 48.5 Å². The summed E-state index contributed by atoms with van der Waals surface area (Å²) in [5.74, 6) is -1.84. The Kier molecular flexibility index (Phi) is 14.8. The molecule has 0 aromatic carbocycles. The zero-order chi connectivity index (χ0) is 31.8. The van der Waals surface area contributed by atoms with Crippen molar-refractivity contribution in [3.63, 3.8) is 0 Å². The summed E-state index contributed by atoms with van der Waals surface area (Å²) in [5, 5.41) is 0. The van der Waals surface area contributed by atoms with E-state index in [2.05, 4.69) is 38.9 Å². The molecule has 0 radical (unpaired) electrons. The zero-order valence-corrected chi connectivity index (χ0v) is 26.3. The van der Waals surface area contributed by atoms with E-state index in [-0.39, 0.29) is 15.1 Å². The molecule has 226 valence electrons. The average molecular weight is 716 g/mol. The first-order chi connectivity index (χ1) is 20.7. The molecule has 0 amide bonds. The summed E-state index contributed by atoms with van der Waals surface area (Å²) in [6, 6.07) is 12.4. The predicted octanol–water partition coefficient (Wildman–Crippen LogP) is 4.81. The van der Waals surface area contributed by atoms with Crippen LogP contribution in [-0.2, 0) is 34.1 Å². The summed E-state index contributed by atoms with van der Waals surface area (Å²) in [4.78, 5) is 62.4. The van der Waals surface area contributed by atoms with Crippen LogP contribution in [0.2, 0.25) is 0 Å². The number of ether oxygens (including phenoxy) is 4. The number of methoxy groups -OCH3 is 4. The van der Waals surface area contributed by atoms with E-state index in [1.807, 2.05) is 0 Å². The molecule has 0 saturated carbocycles. The zero-order valence-electron chi connectivity index (χ0n) is 23.1. The van der Waals surface area contributed by atoms with E-state index in [4.69, 9.17) is 19.4 Å². The maximum atomic E-state index is 11.5. The third-order valence-corrected chi connectivity index (χ3v) is 5.25. The van der Waals surface area contributed by atoms with E-state index < -0.39 is 23.9 Å². The molecule has 4 aromatic heterocycles. The second kappa shape index (κ2) is 18.3. The van der Waals surface area contributed by atoms with Crippen LogP contribution in [0.25, 0.3) is 22.8 Å². The van der Waals surface area contributed by atoms with Crippen molar-refractivity contribution in [2.24, 2.45) is 0 Å². The number of hydrogen-bond donors (Lipinski definition) is 0. The van der Waals surface area contributed by atoms with Crippen LogP contribution in [0.15, 0.2) is 73.3 Å². The summed E-state index contributed by atoms with van der Waals surface area (Å²) in [6.07, 6.45) is 5.92. The Balaban J connectivity index is 0.000000275. The van der Waals surface area contributed by atoms with E-state index >= 15 is 0 Å². The quantitative estimate of drug-likeness (QED) is 0.153. The van der Waals surface area contributed by atoms with Crippen LogP contribution < -0.4 is 0 Å². The van der Waals surface area contributed by atoms with Crippen molar-refractivity contribution in [1.29, 1.82) is 0 Å².